The van der Waals surface area contributed by atoms with Crippen LogP contribution in [0.15, 0.2) is 0 Å². The van der Waals surface area contributed by atoms with Crippen molar-refractivity contribution in [3.05, 3.63) is 0 Å². The maximum atomic E-state index is 4.56. The van der Waals surface area contributed by atoms with E-state index in [9.17, 15) is 0 Å². The van der Waals surface area contributed by atoms with Crippen LogP contribution in [-0.4, -0.2) is 109 Å². The quantitative estimate of drug-likeness (QED) is 0.157. The molecule has 16 nitrogen and oxygen atoms in total. The summed E-state index contributed by atoms with van der Waals surface area (Å²) in [5, 5.41) is 72.1. The summed E-state index contributed by atoms with van der Waals surface area (Å²) in [6.07, 6.45) is 46.4. The molecule has 8 saturated carbocycles. The Hall–Kier alpha value is 0.0600. The van der Waals surface area contributed by atoms with E-state index < -0.39 is 0 Å². The number of hydrogen-bond acceptors (Lipinski definition) is 18. The Morgan fingerprint density at radius 3 is 0.476 bits per heavy atom. The van der Waals surface area contributed by atoms with E-state index in [0.717, 1.165) is 0 Å². The van der Waals surface area contributed by atoms with Gasteiger partial charge in [-0.1, -0.05) is 111 Å². The fourth-order valence-electron chi connectivity index (χ4n) is 24.4. The van der Waals surface area contributed by atoms with Crippen LogP contribution in [0.3, 0.4) is 0 Å². The minimum Gasteiger partial charge on any atom is -0.286 e. The van der Waals surface area contributed by atoms with Gasteiger partial charge in [0.2, 0.25) is 0 Å². The molecule has 0 amide bonds. The number of rotatable bonds is 3. The van der Waals surface area contributed by atoms with E-state index >= 15 is 0 Å². The lowest BCUT2D eigenvalue weighted by Gasteiger charge is -2.41. The van der Waals surface area contributed by atoms with Gasteiger partial charge in [-0.2, -0.15) is 0 Å². The lowest BCUT2D eigenvalue weighted by molar-refractivity contribution is 0.169. The lowest BCUT2D eigenvalue weighted by atomic mass is 9.76. The maximum absolute atomic E-state index is 4.56. The van der Waals surface area contributed by atoms with Crippen molar-refractivity contribution in [2.45, 2.75) is 302 Å². The van der Waals surface area contributed by atoms with Crippen molar-refractivity contribution in [3.63, 3.8) is 0 Å². The zero-order chi connectivity index (χ0) is 53.6. The van der Waals surface area contributed by atoms with Crippen LogP contribution in [0, 0.1) is 94.7 Å². The molecule has 34 unspecified atom stereocenters. The van der Waals surface area contributed by atoms with Gasteiger partial charge in [-0.25, -0.2) is 0 Å². The first-order chi connectivity index (χ1) is 40.6. The molecular formula is C64H110N16S2. The van der Waals surface area contributed by atoms with Gasteiger partial charge in [-0.15, -0.1) is 0 Å². The number of fused-ring (bicyclic) bond motifs is 40. The lowest BCUT2D eigenvalue weighted by Crippen LogP contribution is -2.62. The molecule has 0 spiro atoms. The SMILES string of the molecule is C1CCC2C3NC(NC4NC(NC5NC(NC6NC(N3)C3CCCCC63)C3C(SSC6CCCC7C8NC9NC(NC%10NC(NC%11NC(NC(N8)C67)C6CCCCC%116)C6CCCCC%106)C6CCCCC96)CCCC53)C3CCCCC43)C2C1. The van der Waals surface area contributed by atoms with Crippen LogP contribution < -0.4 is 85.1 Å². The highest BCUT2D eigenvalue weighted by atomic mass is 33.1. The van der Waals surface area contributed by atoms with Gasteiger partial charge in [-0.3, -0.25) is 85.1 Å². The summed E-state index contributed by atoms with van der Waals surface area (Å²) in [6, 6.07) is 0. The van der Waals surface area contributed by atoms with Gasteiger partial charge in [0.15, 0.2) is 0 Å². The molecule has 34 atom stereocenters. The van der Waals surface area contributed by atoms with Gasteiger partial charge in [0.1, 0.15) is 0 Å². The van der Waals surface area contributed by atoms with Crippen molar-refractivity contribution in [1.29, 1.82) is 0 Å². The molecular weight excluding hydrogens is 1060 g/mol. The Morgan fingerprint density at radius 2 is 0.293 bits per heavy atom. The summed E-state index contributed by atoms with van der Waals surface area (Å²) in [4.78, 5) is 0. The monoisotopic (exact) mass is 1170 g/mol. The van der Waals surface area contributed by atoms with Gasteiger partial charge >= 0.3 is 0 Å². The average molecular weight is 1170 g/mol. The Bertz CT molecular complexity index is 2090. The fourth-order valence-corrected chi connectivity index (χ4v) is 28.4. The maximum Gasteiger partial charge on any atom is 0.0639 e. The summed E-state index contributed by atoms with van der Waals surface area (Å²) in [5.74, 6) is 10.7. The van der Waals surface area contributed by atoms with Crippen molar-refractivity contribution in [1.82, 2.24) is 85.1 Å². The van der Waals surface area contributed by atoms with Crippen LogP contribution in [0.4, 0.5) is 0 Å². The van der Waals surface area contributed by atoms with E-state index in [1.807, 2.05) is 0 Å². The van der Waals surface area contributed by atoms with E-state index in [0.29, 0.717) is 204 Å². The van der Waals surface area contributed by atoms with E-state index in [2.05, 4.69) is 107 Å². The highest BCUT2D eigenvalue weighted by Crippen LogP contribution is 2.55. The highest BCUT2D eigenvalue weighted by molar-refractivity contribution is 8.77. The van der Waals surface area contributed by atoms with Gasteiger partial charge in [0.05, 0.1) is 98.7 Å². The first-order valence-electron chi connectivity index (χ1n) is 36.1. The zero-order valence-corrected chi connectivity index (χ0v) is 51.3. The molecule has 10 heterocycles. The second kappa shape index (κ2) is 23.1. The molecule has 18 fully saturated rings. The first-order valence-corrected chi connectivity index (χ1v) is 38.4. The molecule has 0 aromatic heterocycles. The highest BCUT2D eigenvalue weighted by Gasteiger charge is 2.59. The van der Waals surface area contributed by atoms with Crippen LogP contribution in [0.25, 0.3) is 0 Å². The molecule has 0 aromatic carbocycles. The van der Waals surface area contributed by atoms with Crippen LogP contribution >= 0.6 is 21.6 Å². The summed E-state index contributed by atoms with van der Waals surface area (Å²) in [5.41, 5.74) is 0. The molecule has 18 aliphatic rings. The summed E-state index contributed by atoms with van der Waals surface area (Å²) >= 11 is 0. The van der Waals surface area contributed by atoms with E-state index in [4.69, 9.17) is 0 Å². The van der Waals surface area contributed by atoms with Crippen molar-refractivity contribution >= 4 is 21.6 Å². The summed E-state index contributed by atoms with van der Waals surface area (Å²) < 4.78 is 0. The normalized spacial score (nSPS) is 58.5. The minimum absolute atomic E-state index is 0.293. The minimum atomic E-state index is 0.293. The van der Waals surface area contributed by atoms with Crippen LogP contribution in [-0.2, 0) is 0 Å². The molecule has 10 aliphatic heterocycles. The Morgan fingerprint density at radius 1 is 0.146 bits per heavy atom. The van der Waals surface area contributed by atoms with E-state index in [1.165, 1.54) is 193 Å². The van der Waals surface area contributed by atoms with Gasteiger partial charge in [0.25, 0.3) is 0 Å². The smallest absolute Gasteiger partial charge is 0.0639 e. The number of hydrogen-bond donors (Lipinski definition) is 16. The van der Waals surface area contributed by atoms with Crippen molar-refractivity contribution in [3.8, 4) is 0 Å². The Kier molecular flexibility index (Phi) is 15.5. The van der Waals surface area contributed by atoms with Crippen molar-refractivity contribution < 1.29 is 0 Å². The molecule has 0 aromatic rings. The predicted molar refractivity (Wildman–Crippen MR) is 328 cm³/mol. The summed E-state index contributed by atoms with van der Waals surface area (Å²) in [6.45, 7) is 0. The molecule has 18 heteroatoms. The molecule has 10 saturated heterocycles. The molecule has 18 rings (SSSR count). The largest absolute Gasteiger partial charge is 0.286 e. The first kappa shape index (κ1) is 54.9. The fraction of sp³-hybridized carbons (Fsp3) is 1.00. The zero-order valence-electron chi connectivity index (χ0n) is 49.7. The third-order valence-electron chi connectivity index (χ3n) is 28.0. The van der Waals surface area contributed by atoms with E-state index in [1.54, 1.807) is 0 Å². The second-order valence-electron chi connectivity index (χ2n) is 31.6. The van der Waals surface area contributed by atoms with Gasteiger partial charge in [-0.05, 0) is 186 Å². The number of nitrogens with one attached hydrogen (secondary N) is 16. The van der Waals surface area contributed by atoms with E-state index in [-0.39, 0.29) is 0 Å². The Labute approximate surface area is 500 Å². The van der Waals surface area contributed by atoms with Gasteiger partial charge in [0, 0.05) is 22.3 Å². The third-order valence-corrected chi connectivity index (χ3v) is 31.5. The second-order valence-corrected chi connectivity index (χ2v) is 34.3. The topological polar surface area (TPSA) is 192 Å². The summed E-state index contributed by atoms with van der Waals surface area (Å²) in [7, 11) is 4.75. The molecule has 8 aliphatic carbocycles. The van der Waals surface area contributed by atoms with Crippen LogP contribution in [0.2, 0.25) is 0 Å². The molecule has 458 valence electrons. The van der Waals surface area contributed by atoms with Crippen LogP contribution in [0.5, 0.6) is 0 Å². The van der Waals surface area contributed by atoms with Crippen molar-refractivity contribution in [2.24, 2.45) is 94.7 Å². The average Bonchev–Trinajstić information content (AvgIpc) is 4.56. The molecule has 82 heavy (non-hydrogen) atoms. The molecule has 16 N–H and O–H groups in total. The predicted octanol–water partition coefficient (Wildman–Crippen LogP) is 5.56. The third kappa shape index (κ3) is 9.71. The van der Waals surface area contributed by atoms with Crippen LogP contribution in [0.1, 0.15) is 193 Å². The standard InChI is InChI=1S/C64H110N16S2/c1-3-17-33-31(15-1)49-65-51(33)69-55-39-23-9-11-25-41(39)59(73-55)77-63-47-43(61(79-63)75-57-37-21-7-5-19-35(37)53(67-49)71-57)27-13-29-45(47)81-82-46-30-14-28-44-48(46)64-78-60-42-26-12-10-24-40(42)56(74-60)70-52-34-18-4-2-16-32(34)50(66-52)68-54-36-20-6-8-22-38(36)58(72-54)76-62(44)80-64/h31-80H,1-30H2. The Balaban J connectivity index is 0.633. The van der Waals surface area contributed by atoms with Gasteiger partial charge < -0.3 is 0 Å². The molecule has 0 radical (unpaired) electrons. The van der Waals surface area contributed by atoms with Crippen molar-refractivity contribution in [2.75, 3.05) is 0 Å². The molecule has 16 bridgehead atoms.